The molecule has 0 aromatic rings. The van der Waals surface area contributed by atoms with Gasteiger partial charge in [0.1, 0.15) is 0 Å². The second-order valence-electron chi connectivity index (χ2n) is 3.31. The Bertz CT molecular complexity index is 271. The van der Waals surface area contributed by atoms with Gasteiger partial charge in [-0.2, -0.15) is 4.31 Å². The minimum absolute atomic E-state index is 0.0220. The Balaban J connectivity index is 2.57. The van der Waals surface area contributed by atoms with E-state index in [9.17, 15) is 18.6 Å². The fourth-order valence-corrected chi connectivity index (χ4v) is 3.15. The molecule has 84 valence electrons. The third-order valence-electron chi connectivity index (χ3n) is 2.15. The highest BCUT2D eigenvalue weighted by Gasteiger charge is 2.36. The largest absolute Gasteiger partial charge is 0.389 e. The molecule has 5 nitrogen and oxygen atoms in total. The summed E-state index contributed by atoms with van der Waals surface area (Å²) in [5, 5.41) is 18.3. The molecule has 0 spiro atoms. The Labute approximate surface area is 88.3 Å². The first-order valence-electron chi connectivity index (χ1n) is 4.37. The number of halogens is 1. The molecule has 2 atom stereocenters. The molecule has 0 aromatic heterocycles. The second kappa shape index (κ2) is 4.76. The summed E-state index contributed by atoms with van der Waals surface area (Å²) in [6.07, 6.45) is -1.56. The number of rotatable bonds is 4. The standard InChI is InChI=1S/C7H14ClNO4S/c8-2-1-3-14(12,13)9-4-6(10)7(11)5-9/h6-7,10-11H,1-5H2. The van der Waals surface area contributed by atoms with E-state index < -0.39 is 22.2 Å². The van der Waals surface area contributed by atoms with E-state index in [-0.39, 0.29) is 24.7 Å². The number of nitrogens with zero attached hydrogens (tertiary/aromatic N) is 1. The van der Waals surface area contributed by atoms with Crippen LogP contribution in [0.15, 0.2) is 0 Å². The van der Waals surface area contributed by atoms with Crippen LogP contribution < -0.4 is 0 Å². The molecule has 1 saturated heterocycles. The van der Waals surface area contributed by atoms with Crippen molar-refractivity contribution in [3.8, 4) is 0 Å². The lowest BCUT2D eigenvalue weighted by atomic mass is 10.3. The normalized spacial score (nSPS) is 29.6. The van der Waals surface area contributed by atoms with Crippen LogP contribution in [-0.4, -0.2) is 59.9 Å². The molecule has 1 aliphatic rings. The maximum atomic E-state index is 11.5. The summed E-state index contributed by atoms with van der Waals surface area (Å²) < 4.78 is 24.2. The molecule has 0 amide bonds. The highest BCUT2D eigenvalue weighted by atomic mass is 35.5. The van der Waals surface area contributed by atoms with E-state index in [0.29, 0.717) is 6.42 Å². The molecule has 0 aliphatic carbocycles. The maximum Gasteiger partial charge on any atom is 0.214 e. The molecule has 2 N–H and O–H groups in total. The van der Waals surface area contributed by atoms with Crippen LogP contribution in [0.1, 0.15) is 6.42 Å². The third kappa shape index (κ3) is 2.80. The summed E-state index contributed by atoms with van der Waals surface area (Å²) >= 11 is 5.39. The molecule has 0 radical (unpaired) electrons. The average Bonchev–Trinajstić information content (AvgIpc) is 2.45. The monoisotopic (exact) mass is 243 g/mol. The lowest BCUT2D eigenvalue weighted by Crippen LogP contribution is -2.32. The number of alkyl halides is 1. The van der Waals surface area contributed by atoms with Crippen LogP contribution in [0.2, 0.25) is 0 Å². The van der Waals surface area contributed by atoms with E-state index in [4.69, 9.17) is 11.6 Å². The zero-order chi connectivity index (χ0) is 10.8. The van der Waals surface area contributed by atoms with Gasteiger partial charge < -0.3 is 10.2 Å². The zero-order valence-electron chi connectivity index (χ0n) is 7.63. The summed E-state index contributed by atoms with van der Waals surface area (Å²) in [5.74, 6) is 0.258. The van der Waals surface area contributed by atoms with Crippen molar-refractivity contribution in [2.45, 2.75) is 18.6 Å². The van der Waals surface area contributed by atoms with Crippen LogP contribution in [0, 0.1) is 0 Å². The lowest BCUT2D eigenvalue weighted by molar-refractivity contribution is 0.0572. The van der Waals surface area contributed by atoms with Crippen LogP contribution in [0.4, 0.5) is 0 Å². The van der Waals surface area contributed by atoms with Gasteiger partial charge in [0.05, 0.1) is 18.0 Å². The van der Waals surface area contributed by atoms with Crippen LogP contribution in [0.3, 0.4) is 0 Å². The summed E-state index contributed by atoms with van der Waals surface area (Å²) in [6.45, 7) is -0.0441. The molecule has 1 fully saturated rings. The molecule has 0 saturated carbocycles. The van der Waals surface area contributed by atoms with E-state index >= 15 is 0 Å². The van der Waals surface area contributed by atoms with Crippen molar-refractivity contribution in [1.82, 2.24) is 4.31 Å². The molecule has 7 heteroatoms. The van der Waals surface area contributed by atoms with Gasteiger partial charge in [-0.15, -0.1) is 11.6 Å². The van der Waals surface area contributed by atoms with Gasteiger partial charge in [0.2, 0.25) is 10.0 Å². The summed E-state index contributed by atoms with van der Waals surface area (Å²) in [6, 6.07) is 0. The van der Waals surface area contributed by atoms with Gasteiger partial charge in [-0.05, 0) is 6.42 Å². The summed E-state index contributed by atoms with van der Waals surface area (Å²) in [7, 11) is -3.36. The minimum atomic E-state index is -3.36. The Morgan fingerprint density at radius 1 is 1.29 bits per heavy atom. The third-order valence-corrected chi connectivity index (χ3v) is 4.31. The van der Waals surface area contributed by atoms with Crippen molar-refractivity contribution in [3.63, 3.8) is 0 Å². The number of sulfonamides is 1. The van der Waals surface area contributed by atoms with E-state index in [1.165, 1.54) is 0 Å². The van der Waals surface area contributed by atoms with E-state index in [0.717, 1.165) is 4.31 Å². The SMILES string of the molecule is O=S(=O)(CCCCl)N1CC(O)C(O)C1. The molecule has 1 heterocycles. The molecule has 2 unspecified atom stereocenters. The first kappa shape index (κ1) is 12.2. The first-order valence-corrected chi connectivity index (χ1v) is 6.51. The maximum absolute atomic E-state index is 11.5. The van der Waals surface area contributed by atoms with Crippen LogP contribution in [-0.2, 0) is 10.0 Å². The summed E-state index contributed by atoms with van der Waals surface area (Å²) in [5.41, 5.74) is 0. The van der Waals surface area contributed by atoms with Crippen LogP contribution >= 0.6 is 11.6 Å². The van der Waals surface area contributed by atoms with Gasteiger partial charge in [-0.1, -0.05) is 0 Å². The molecule has 1 aliphatic heterocycles. The first-order chi connectivity index (χ1) is 6.47. The van der Waals surface area contributed by atoms with E-state index in [1.807, 2.05) is 0 Å². The number of hydrogen-bond acceptors (Lipinski definition) is 4. The molecule has 1 rings (SSSR count). The molecular weight excluding hydrogens is 230 g/mol. The smallest absolute Gasteiger partial charge is 0.214 e. The Morgan fingerprint density at radius 2 is 1.79 bits per heavy atom. The minimum Gasteiger partial charge on any atom is -0.389 e. The topological polar surface area (TPSA) is 77.8 Å². The van der Waals surface area contributed by atoms with Gasteiger partial charge in [-0.25, -0.2) is 8.42 Å². The van der Waals surface area contributed by atoms with Crippen molar-refractivity contribution in [2.75, 3.05) is 24.7 Å². The van der Waals surface area contributed by atoms with E-state index in [1.54, 1.807) is 0 Å². The highest BCUT2D eigenvalue weighted by Crippen LogP contribution is 2.15. The Hall–Kier alpha value is 0.120. The molecular formula is C7H14ClNO4S. The quantitative estimate of drug-likeness (QED) is 0.620. The van der Waals surface area contributed by atoms with Gasteiger partial charge in [-0.3, -0.25) is 0 Å². The zero-order valence-corrected chi connectivity index (χ0v) is 9.21. The van der Waals surface area contributed by atoms with Gasteiger partial charge in [0.25, 0.3) is 0 Å². The van der Waals surface area contributed by atoms with Crippen molar-refractivity contribution in [3.05, 3.63) is 0 Å². The van der Waals surface area contributed by atoms with Crippen molar-refractivity contribution >= 4 is 21.6 Å². The fourth-order valence-electron chi connectivity index (χ4n) is 1.33. The van der Waals surface area contributed by atoms with Crippen molar-refractivity contribution < 1.29 is 18.6 Å². The fraction of sp³-hybridized carbons (Fsp3) is 1.00. The predicted octanol–water partition coefficient (Wildman–Crippen LogP) is -1.02. The number of β-amino-alcohol motifs (C(OH)–C–C–N with tert-alkyl or cyclic N) is 2. The highest BCUT2D eigenvalue weighted by molar-refractivity contribution is 7.89. The Kier molecular flexibility index (Phi) is 4.15. The van der Waals surface area contributed by atoms with Gasteiger partial charge in [0.15, 0.2) is 0 Å². The molecule has 0 bridgehead atoms. The number of hydrogen-bond donors (Lipinski definition) is 2. The predicted molar refractivity (Wildman–Crippen MR) is 52.7 cm³/mol. The van der Waals surface area contributed by atoms with Crippen LogP contribution in [0.5, 0.6) is 0 Å². The van der Waals surface area contributed by atoms with Gasteiger partial charge in [0, 0.05) is 19.0 Å². The van der Waals surface area contributed by atoms with Crippen molar-refractivity contribution in [1.29, 1.82) is 0 Å². The van der Waals surface area contributed by atoms with E-state index in [2.05, 4.69) is 0 Å². The van der Waals surface area contributed by atoms with Gasteiger partial charge >= 0.3 is 0 Å². The Morgan fingerprint density at radius 3 is 2.21 bits per heavy atom. The van der Waals surface area contributed by atoms with Crippen molar-refractivity contribution in [2.24, 2.45) is 0 Å². The molecule has 14 heavy (non-hydrogen) atoms. The summed E-state index contributed by atoms with van der Waals surface area (Å²) in [4.78, 5) is 0. The number of aliphatic hydroxyl groups is 2. The molecule has 0 aromatic carbocycles. The second-order valence-corrected chi connectivity index (χ2v) is 5.78. The average molecular weight is 244 g/mol. The lowest BCUT2D eigenvalue weighted by Gasteiger charge is -2.14. The van der Waals surface area contributed by atoms with Crippen LogP contribution in [0.25, 0.3) is 0 Å². The number of aliphatic hydroxyl groups excluding tert-OH is 2.